The fourth-order valence-corrected chi connectivity index (χ4v) is 12.8. The lowest BCUT2D eigenvalue weighted by atomic mass is 9.39. The summed E-state index contributed by atoms with van der Waals surface area (Å²) in [5.41, 5.74) is 4.32. The van der Waals surface area contributed by atoms with E-state index in [1.807, 2.05) is 64.8 Å². The zero-order valence-corrected chi connectivity index (χ0v) is 39.1. The first kappa shape index (κ1) is 44.9. The van der Waals surface area contributed by atoms with Gasteiger partial charge in [0.15, 0.2) is 5.69 Å². The third-order valence-corrected chi connectivity index (χ3v) is 13.9. The molecule has 63 heavy (non-hydrogen) atoms. The van der Waals surface area contributed by atoms with Gasteiger partial charge in [0.25, 0.3) is 0 Å². The van der Waals surface area contributed by atoms with Gasteiger partial charge in [0.2, 0.25) is 0 Å². The summed E-state index contributed by atoms with van der Waals surface area (Å²) in [6.07, 6.45) is 9.36. The van der Waals surface area contributed by atoms with Crippen molar-refractivity contribution in [3.05, 3.63) is 58.5 Å². The molecule has 2 aliphatic heterocycles. The summed E-state index contributed by atoms with van der Waals surface area (Å²) in [6, 6.07) is 7.56. The quantitative estimate of drug-likeness (QED) is 0.133. The summed E-state index contributed by atoms with van der Waals surface area (Å²) < 4.78 is 25.7. The second-order valence-corrected chi connectivity index (χ2v) is 22.3. The van der Waals surface area contributed by atoms with Crippen molar-refractivity contribution in [2.75, 3.05) is 49.8 Å². The maximum absolute atomic E-state index is 14.1. The van der Waals surface area contributed by atoms with Gasteiger partial charge in [0.05, 0.1) is 36.6 Å². The number of aromatic carboxylic acids is 1. The summed E-state index contributed by atoms with van der Waals surface area (Å²) in [5, 5.41) is 18.5. The number of hydrogen-bond acceptors (Lipinski definition) is 11. The maximum atomic E-state index is 14.1. The molecule has 6 aliphatic rings. The van der Waals surface area contributed by atoms with Gasteiger partial charge in [-0.3, -0.25) is 4.68 Å². The Kier molecular flexibility index (Phi) is 11.5. The van der Waals surface area contributed by atoms with E-state index >= 15 is 0 Å². The minimum absolute atomic E-state index is 0.0332. The fraction of sp³-hybridized carbons (Fsp3) is 0.653. The minimum Gasteiger partial charge on any atom is -0.478 e. The number of carboxylic acid groups (broad SMARTS) is 1. The van der Waals surface area contributed by atoms with E-state index in [1.165, 1.54) is 6.42 Å². The molecule has 14 nitrogen and oxygen atoms in total. The van der Waals surface area contributed by atoms with Crippen molar-refractivity contribution in [2.45, 2.75) is 150 Å². The second kappa shape index (κ2) is 16.1. The Balaban J connectivity index is 1.05. The Morgan fingerprint density at radius 3 is 2.27 bits per heavy atom. The van der Waals surface area contributed by atoms with Crippen molar-refractivity contribution in [2.24, 2.45) is 16.2 Å². The van der Waals surface area contributed by atoms with Gasteiger partial charge in [-0.15, -0.1) is 0 Å². The smallest absolute Gasteiger partial charge is 0.407 e. The number of methoxy groups -OCH3 is 1. The van der Waals surface area contributed by atoms with E-state index in [4.69, 9.17) is 29.0 Å². The van der Waals surface area contributed by atoms with Gasteiger partial charge in [0, 0.05) is 62.3 Å². The van der Waals surface area contributed by atoms with Crippen LogP contribution in [-0.2, 0) is 38.5 Å². The lowest BCUT2D eigenvalue weighted by Gasteiger charge is -2.69. The van der Waals surface area contributed by atoms with Gasteiger partial charge >= 0.3 is 18.0 Å². The summed E-state index contributed by atoms with van der Waals surface area (Å²) in [4.78, 5) is 48.6. The van der Waals surface area contributed by atoms with Crippen LogP contribution in [0.25, 0.3) is 11.1 Å². The molecule has 0 spiro atoms. The molecule has 5 fully saturated rings. The molecule has 342 valence electrons. The number of pyridine rings is 1. The van der Waals surface area contributed by atoms with Crippen LogP contribution in [0.2, 0.25) is 0 Å². The molecule has 14 heteroatoms. The average Bonchev–Trinajstić information content (AvgIpc) is 3.76. The van der Waals surface area contributed by atoms with Crippen LogP contribution in [0.1, 0.15) is 138 Å². The van der Waals surface area contributed by atoms with E-state index < -0.39 is 29.2 Å². The number of alkyl carbamates (subject to hydrolysis) is 1. The Labute approximate surface area is 372 Å². The number of carbonyl (C=O) groups is 3. The highest BCUT2D eigenvalue weighted by Crippen LogP contribution is 2.72. The van der Waals surface area contributed by atoms with Crippen molar-refractivity contribution in [3.8, 4) is 11.1 Å². The van der Waals surface area contributed by atoms with Gasteiger partial charge < -0.3 is 39.2 Å². The van der Waals surface area contributed by atoms with Crippen LogP contribution in [0, 0.1) is 23.2 Å². The van der Waals surface area contributed by atoms with E-state index in [2.05, 4.69) is 41.7 Å². The van der Waals surface area contributed by atoms with E-state index in [-0.39, 0.29) is 39.1 Å². The van der Waals surface area contributed by atoms with Crippen LogP contribution in [0.4, 0.5) is 16.3 Å². The van der Waals surface area contributed by atoms with Crippen LogP contribution in [-0.4, -0.2) is 101 Å². The third-order valence-electron chi connectivity index (χ3n) is 13.9. The number of ether oxygens (including phenoxy) is 4. The molecular weight excluding hydrogens is 801 g/mol. The van der Waals surface area contributed by atoms with Gasteiger partial charge in [-0.2, -0.15) is 5.10 Å². The molecule has 4 heterocycles. The molecule has 2 N–H and O–H groups in total. The second-order valence-electron chi connectivity index (χ2n) is 22.3. The molecule has 3 aromatic rings. The predicted octanol–water partition coefficient (Wildman–Crippen LogP) is 8.36. The Hall–Kier alpha value is -4.69. The highest BCUT2D eigenvalue weighted by Gasteiger charge is 2.66. The van der Waals surface area contributed by atoms with Crippen LogP contribution in [0.5, 0.6) is 0 Å². The molecule has 3 atom stereocenters. The lowest BCUT2D eigenvalue weighted by molar-refractivity contribution is -0.250. The Morgan fingerprint density at radius 2 is 1.60 bits per heavy atom. The Bertz CT molecular complexity index is 2260. The number of esters is 1. The standard InChI is InChI=1S/C49H68N6O8/c1-31-37(21-50-55(31)30-48-25-46(8)24-47(9,26-48)28-49(27-46,29-48)61-18-17-60-10)35-11-12-39(52-40(35)42(58)62-44(2,3)4)54-15-13-32-19-34(20-36(41(56)57)38(32)23-54)53-16-14-33(22-53)51-43(59)63-45(5,6)7/h11-12,19-21,33H,13-18,22-30H2,1-10H3,(H,51,59)(H,56,57)/t33-,46?,47?,48?,49?/m0/s1. The number of aromatic nitrogens is 3. The highest BCUT2D eigenvalue weighted by molar-refractivity contribution is 5.96. The van der Waals surface area contributed by atoms with Crippen LogP contribution in [0.15, 0.2) is 30.5 Å². The van der Waals surface area contributed by atoms with E-state index in [0.29, 0.717) is 57.2 Å². The molecule has 9 rings (SSSR count). The molecular formula is C49H68N6O8. The van der Waals surface area contributed by atoms with Gasteiger partial charge in [0.1, 0.15) is 17.0 Å². The van der Waals surface area contributed by atoms with Crippen LogP contribution >= 0.6 is 0 Å². The summed E-state index contributed by atoms with van der Waals surface area (Å²) in [6.45, 7) is 22.1. The minimum atomic E-state index is -1.01. The number of amides is 1. The van der Waals surface area contributed by atoms with Gasteiger partial charge in [-0.1, -0.05) is 13.8 Å². The lowest BCUT2D eigenvalue weighted by Crippen LogP contribution is -2.64. The zero-order valence-electron chi connectivity index (χ0n) is 39.1. The molecule has 0 radical (unpaired) electrons. The fourth-order valence-electron chi connectivity index (χ4n) is 12.8. The summed E-state index contributed by atoms with van der Waals surface area (Å²) in [7, 11) is 1.72. The molecule has 4 aliphatic carbocycles. The number of nitrogens with one attached hydrogen (secondary N) is 1. The molecule has 2 aromatic heterocycles. The third kappa shape index (κ3) is 9.44. The topological polar surface area (TPSA) is 158 Å². The molecule has 1 aromatic carbocycles. The number of carbonyl (C=O) groups excluding carboxylic acids is 2. The zero-order chi connectivity index (χ0) is 45.3. The molecule has 1 saturated heterocycles. The summed E-state index contributed by atoms with van der Waals surface area (Å²) in [5.74, 6) is -0.963. The molecule has 1 amide bonds. The van der Waals surface area contributed by atoms with Crippen LogP contribution in [0.3, 0.4) is 0 Å². The van der Waals surface area contributed by atoms with E-state index in [1.54, 1.807) is 13.2 Å². The number of anilines is 2. The van der Waals surface area contributed by atoms with E-state index in [0.717, 1.165) is 73.1 Å². The number of benzene rings is 1. The monoisotopic (exact) mass is 869 g/mol. The number of fused-ring (bicyclic) bond motifs is 1. The summed E-state index contributed by atoms with van der Waals surface area (Å²) >= 11 is 0. The first-order chi connectivity index (χ1) is 29.5. The number of rotatable bonds is 12. The van der Waals surface area contributed by atoms with Crippen molar-refractivity contribution in [3.63, 3.8) is 0 Å². The number of nitrogens with zero attached hydrogens (tertiary/aromatic N) is 5. The average molecular weight is 869 g/mol. The van der Waals surface area contributed by atoms with Gasteiger partial charge in [-0.05, 0) is 151 Å². The largest absolute Gasteiger partial charge is 0.478 e. The maximum Gasteiger partial charge on any atom is 0.407 e. The first-order valence-corrected chi connectivity index (χ1v) is 22.8. The number of carboxylic acids is 1. The van der Waals surface area contributed by atoms with Crippen molar-refractivity contribution < 1.29 is 38.4 Å². The van der Waals surface area contributed by atoms with Crippen molar-refractivity contribution >= 4 is 29.5 Å². The van der Waals surface area contributed by atoms with Crippen LogP contribution < -0.4 is 15.1 Å². The molecule has 2 unspecified atom stereocenters. The highest BCUT2D eigenvalue weighted by atomic mass is 16.6. The molecule has 4 bridgehead atoms. The first-order valence-electron chi connectivity index (χ1n) is 22.8. The van der Waals surface area contributed by atoms with Crippen molar-refractivity contribution in [1.82, 2.24) is 20.1 Å². The molecule has 4 saturated carbocycles. The Morgan fingerprint density at radius 1 is 0.889 bits per heavy atom. The SMILES string of the molecule is COCCOC12CC3(C)CC(C)(CC(Cn4ncc(-c5ccc(N6CCc7cc(N8CC[C@H](NC(=O)OC(C)(C)C)C8)cc(C(=O)O)c7C6)nc5C(=O)OC(C)(C)C)c4C)(C3)C1)C2. The van der Waals surface area contributed by atoms with E-state index in [9.17, 15) is 19.5 Å². The van der Waals surface area contributed by atoms with Gasteiger partial charge in [-0.25, -0.2) is 19.4 Å². The normalized spacial score (nSPS) is 27.7. The number of hydrogen-bond donors (Lipinski definition) is 2. The van der Waals surface area contributed by atoms with Crippen molar-refractivity contribution in [1.29, 1.82) is 0 Å². The predicted molar refractivity (Wildman–Crippen MR) is 240 cm³/mol.